The van der Waals surface area contributed by atoms with E-state index >= 15 is 0 Å². The summed E-state index contributed by atoms with van der Waals surface area (Å²) in [6.07, 6.45) is 5.71. The van der Waals surface area contributed by atoms with Crippen LogP contribution in [0.3, 0.4) is 0 Å². The van der Waals surface area contributed by atoms with Gasteiger partial charge in [-0.3, -0.25) is 0 Å². The van der Waals surface area contributed by atoms with Crippen molar-refractivity contribution in [1.82, 2.24) is 25.4 Å². The first-order valence-electron chi connectivity index (χ1n) is 10.7. The molecule has 1 saturated carbocycles. The van der Waals surface area contributed by atoms with Gasteiger partial charge in [0.05, 0.1) is 11.6 Å². The minimum absolute atomic E-state index is 0.104. The van der Waals surface area contributed by atoms with Crippen molar-refractivity contribution in [3.05, 3.63) is 47.5 Å². The average Bonchev–Trinajstić information content (AvgIpc) is 3.04. The van der Waals surface area contributed by atoms with E-state index in [1.165, 1.54) is 24.8 Å². The molecule has 1 saturated heterocycles. The second kappa shape index (κ2) is 8.53. The maximum Gasteiger partial charge on any atom is 0.192 e. The minimum atomic E-state index is 0.104. The van der Waals surface area contributed by atoms with E-state index in [4.69, 9.17) is 9.73 Å². The number of ether oxygens (including phenoxy) is 1. The van der Waals surface area contributed by atoms with Crippen LogP contribution in [0.5, 0.6) is 0 Å². The number of guanidine groups is 1. The molecule has 1 aliphatic heterocycles. The lowest BCUT2D eigenvalue weighted by Gasteiger charge is -2.47. The SMILES string of the molecule is Cc1nnc(CN=C(NC2CCOC3(CCC3)C2)NC(C)c2ccccc2)n1C. The normalized spacial score (nSPS) is 22.2. The van der Waals surface area contributed by atoms with Crippen molar-refractivity contribution in [2.45, 2.75) is 70.2 Å². The standard InChI is InChI=1S/C22H32N6O/c1-16(18-8-5-4-6-9-18)24-21(23-15-20-27-26-17(2)28(20)3)25-19-10-13-29-22(14-19)11-7-12-22/h4-6,8-9,16,19H,7,10-15H2,1-3H3,(H2,23,24,25). The predicted molar refractivity (Wildman–Crippen MR) is 114 cm³/mol. The van der Waals surface area contributed by atoms with Gasteiger partial charge < -0.3 is 19.9 Å². The molecule has 7 nitrogen and oxygen atoms in total. The molecule has 4 rings (SSSR count). The van der Waals surface area contributed by atoms with Gasteiger partial charge in [0, 0.05) is 19.7 Å². The first-order valence-corrected chi connectivity index (χ1v) is 10.7. The zero-order valence-corrected chi connectivity index (χ0v) is 17.7. The molecule has 156 valence electrons. The topological polar surface area (TPSA) is 76.4 Å². The molecule has 2 heterocycles. The first kappa shape index (κ1) is 19.9. The van der Waals surface area contributed by atoms with Gasteiger partial charge in [-0.2, -0.15) is 0 Å². The third kappa shape index (κ3) is 4.61. The van der Waals surface area contributed by atoms with Crippen molar-refractivity contribution in [2.24, 2.45) is 12.0 Å². The van der Waals surface area contributed by atoms with Crippen LogP contribution in [-0.2, 0) is 18.3 Å². The molecule has 2 aliphatic rings. The van der Waals surface area contributed by atoms with E-state index in [1.807, 2.05) is 24.6 Å². The van der Waals surface area contributed by atoms with Crippen molar-refractivity contribution in [3.8, 4) is 0 Å². The van der Waals surface area contributed by atoms with Gasteiger partial charge in [0.2, 0.25) is 0 Å². The Morgan fingerprint density at radius 1 is 1.31 bits per heavy atom. The summed E-state index contributed by atoms with van der Waals surface area (Å²) in [6.45, 7) is 5.43. The number of benzene rings is 1. The van der Waals surface area contributed by atoms with Crippen molar-refractivity contribution < 1.29 is 4.74 Å². The molecule has 1 spiro atoms. The molecule has 0 amide bonds. The highest BCUT2D eigenvalue weighted by Crippen LogP contribution is 2.42. The summed E-state index contributed by atoms with van der Waals surface area (Å²) in [4.78, 5) is 4.85. The fraction of sp³-hybridized carbons (Fsp3) is 0.591. The molecule has 2 atom stereocenters. The fourth-order valence-electron chi connectivity index (χ4n) is 4.17. The van der Waals surface area contributed by atoms with Gasteiger partial charge in [-0.25, -0.2) is 4.99 Å². The van der Waals surface area contributed by atoms with Crippen LogP contribution in [0.4, 0.5) is 0 Å². The number of rotatable bonds is 5. The van der Waals surface area contributed by atoms with Crippen LogP contribution in [0, 0.1) is 6.92 Å². The summed E-state index contributed by atoms with van der Waals surface area (Å²) in [5.74, 6) is 2.58. The summed E-state index contributed by atoms with van der Waals surface area (Å²) in [6, 6.07) is 11.0. The Hall–Kier alpha value is -2.41. The lowest BCUT2D eigenvalue weighted by Crippen LogP contribution is -2.54. The Morgan fingerprint density at radius 2 is 2.10 bits per heavy atom. The zero-order chi connectivity index (χ0) is 20.3. The van der Waals surface area contributed by atoms with E-state index in [-0.39, 0.29) is 11.6 Å². The highest BCUT2D eigenvalue weighted by molar-refractivity contribution is 5.80. The van der Waals surface area contributed by atoms with Crippen molar-refractivity contribution in [2.75, 3.05) is 6.61 Å². The van der Waals surface area contributed by atoms with E-state index < -0.39 is 0 Å². The number of aryl methyl sites for hydroxylation is 1. The van der Waals surface area contributed by atoms with Crippen LogP contribution in [0.15, 0.2) is 35.3 Å². The number of hydrogen-bond acceptors (Lipinski definition) is 4. The molecular formula is C22H32N6O. The molecule has 0 radical (unpaired) electrons. The van der Waals surface area contributed by atoms with Crippen molar-refractivity contribution >= 4 is 5.96 Å². The van der Waals surface area contributed by atoms with E-state index in [0.717, 1.165) is 37.1 Å². The Kier molecular flexibility index (Phi) is 5.85. The number of nitrogens with one attached hydrogen (secondary N) is 2. The summed E-state index contributed by atoms with van der Waals surface area (Å²) < 4.78 is 8.08. The molecule has 29 heavy (non-hydrogen) atoms. The molecule has 7 heteroatoms. The third-order valence-corrected chi connectivity index (χ3v) is 6.31. The van der Waals surface area contributed by atoms with Crippen LogP contribution in [0.25, 0.3) is 0 Å². The van der Waals surface area contributed by atoms with Crippen molar-refractivity contribution in [1.29, 1.82) is 0 Å². The quantitative estimate of drug-likeness (QED) is 0.600. The van der Waals surface area contributed by atoms with Crippen LogP contribution in [0.2, 0.25) is 0 Å². The van der Waals surface area contributed by atoms with Crippen LogP contribution >= 0.6 is 0 Å². The number of aromatic nitrogens is 3. The summed E-state index contributed by atoms with van der Waals surface area (Å²) in [7, 11) is 1.98. The van der Waals surface area contributed by atoms with Crippen LogP contribution in [0.1, 0.15) is 62.3 Å². The lowest BCUT2D eigenvalue weighted by molar-refractivity contribution is -0.134. The van der Waals surface area contributed by atoms with E-state index in [1.54, 1.807) is 0 Å². The maximum atomic E-state index is 6.09. The second-order valence-electron chi connectivity index (χ2n) is 8.38. The van der Waals surface area contributed by atoms with Gasteiger partial charge in [0.15, 0.2) is 11.8 Å². The maximum absolute atomic E-state index is 6.09. The predicted octanol–water partition coefficient (Wildman–Crippen LogP) is 3.02. The van der Waals surface area contributed by atoms with Gasteiger partial charge in [-0.15, -0.1) is 10.2 Å². The largest absolute Gasteiger partial charge is 0.375 e. The molecule has 1 aliphatic carbocycles. The monoisotopic (exact) mass is 396 g/mol. The fourth-order valence-corrected chi connectivity index (χ4v) is 4.17. The average molecular weight is 397 g/mol. The summed E-state index contributed by atoms with van der Waals surface area (Å²) in [5, 5.41) is 15.6. The number of hydrogen-bond donors (Lipinski definition) is 2. The first-order chi connectivity index (χ1) is 14.0. The lowest BCUT2D eigenvalue weighted by atomic mass is 9.74. The Balaban J connectivity index is 1.48. The molecular weight excluding hydrogens is 364 g/mol. The van der Waals surface area contributed by atoms with Gasteiger partial charge in [-0.1, -0.05) is 30.3 Å². The smallest absolute Gasteiger partial charge is 0.192 e. The molecule has 2 fully saturated rings. The Labute approximate surface area is 173 Å². The van der Waals surface area contributed by atoms with Crippen LogP contribution in [-0.4, -0.2) is 39.0 Å². The van der Waals surface area contributed by atoms with E-state index in [0.29, 0.717) is 12.6 Å². The van der Waals surface area contributed by atoms with E-state index in [2.05, 4.69) is 52.0 Å². The van der Waals surface area contributed by atoms with Gasteiger partial charge in [0.25, 0.3) is 0 Å². The second-order valence-corrected chi connectivity index (χ2v) is 8.38. The Morgan fingerprint density at radius 3 is 2.76 bits per heavy atom. The van der Waals surface area contributed by atoms with Gasteiger partial charge >= 0.3 is 0 Å². The van der Waals surface area contributed by atoms with Gasteiger partial charge in [-0.05, 0) is 51.5 Å². The van der Waals surface area contributed by atoms with Crippen molar-refractivity contribution in [3.63, 3.8) is 0 Å². The molecule has 1 aromatic heterocycles. The number of nitrogens with zero attached hydrogens (tertiary/aromatic N) is 4. The third-order valence-electron chi connectivity index (χ3n) is 6.31. The van der Waals surface area contributed by atoms with Gasteiger partial charge in [0.1, 0.15) is 12.4 Å². The number of aliphatic imine (C=N–C) groups is 1. The zero-order valence-electron chi connectivity index (χ0n) is 17.7. The van der Waals surface area contributed by atoms with Crippen LogP contribution < -0.4 is 10.6 Å². The summed E-state index contributed by atoms with van der Waals surface area (Å²) in [5.41, 5.74) is 1.34. The highest BCUT2D eigenvalue weighted by Gasteiger charge is 2.42. The highest BCUT2D eigenvalue weighted by atomic mass is 16.5. The van der Waals surface area contributed by atoms with E-state index in [9.17, 15) is 0 Å². The molecule has 2 aromatic rings. The summed E-state index contributed by atoms with van der Waals surface area (Å²) >= 11 is 0. The molecule has 2 unspecified atom stereocenters. The molecule has 1 aromatic carbocycles. The minimum Gasteiger partial charge on any atom is -0.375 e. The Bertz CT molecular complexity index is 842. The molecule has 0 bridgehead atoms. The molecule has 2 N–H and O–H groups in total.